The molecule has 1 saturated carbocycles. The number of nitrogens with zero attached hydrogens (tertiary/aromatic N) is 2. The third kappa shape index (κ3) is 2.67. The van der Waals surface area contributed by atoms with Crippen LogP contribution in [-0.4, -0.2) is 23.4 Å². The van der Waals surface area contributed by atoms with Crippen LogP contribution < -0.4 is 5.32 Å². The van der Waals surface area contributed by atoms with Crippen molar-refractivity contribution in [2.75, 3.05) is 18.5 Å². The first-order valence-electron chi connectivity index (χ1n) is 5.53. The molecule has 1 aliphatic rings. The molecule has 1 aromatic rings. The van der Waals surface area contributed by atoms with Crippen molar-refractivity contribution in [3.8, 4) is 0 Å². The van der Waals surface area contributed by atoms with Gasteiger partial charge in [-0.25, -0.2) is 4.39 Å². The van der Waals surface area contributed by atoms with E-state index < -0.39 is 6.67 Å². The molecule has 4 nitrogen and oxygen atoms in total. The van der Waals surface area contributed by atoms with Crippen LogP contribution in [0, 0.1) is 0 Å². The Morgan fingerprint density at radius 3 is 2.80 bits per heavy atom. The van der Waals surface area contributed by atoms with Crippen LogP contribution in [0.15, 0.2) is 4.42 Å². The number of alkyl halides is 1. The number of anilines is 1. The van der Waals surface area contributed by atoms with E-state index >= 15 is 0 Å². The van der Waals surface area contributed by atoms with E-state index in [1.807, 2.05) is 0 Å². The minimum absolute atomic E-state index is 0.228. The van der Waals surface area contributed by atoms with Crippen molar-refractivity contribution in [1.29, 1.82) is 0 Å². The molecular weight excluding hydrogens is 197 g/mol. The van der Waals surface area contributed by atoms with Gasteiger partial charge in [0.15, 0.2) is 0 Å². The topological polar surface area (TPSA) is 51.0 Å². The van der Waals surface area contributed by atoms with Crippen LogP contribution in [0.2, 0.25) is 0 Å². The van der Waals surface area contributed by atoms with Gasteiger partial charge in [-0.3, -0.25) is 0 Å². The summed E-state index contributed by atoms with van der Waals surface area (Å²) in [5, 5.41) is 10.6. The lowest BCUT2D eigenvalue weighted by atomic mass is 9.89. The summed E-state index contributed by atoms with van der Waals surface area (Å²) in [6.07, 6.45) is 6.04. The minimum atomic E-state index is -0.429. The Bertz CT molecular complexity index is 297. The summed E-state index contributed by atoms with van der Waals surface area (Å²) < 4.78 is 17.3. The molecule has 0 spiro atoms. The van der Waals surface area contributed by atoms with Crippen LogP contribution in [0.25, 0.3) is 0 Å². The summed E-state index contributed by atoms with van der Waals surface area (Å²) in [5.41, 5.74) is 0. The molecule has 2 rings (SSSR count). The van der Waals surface area contributed by atoms with E-state index in [0.29, 0.717) is 17.8 Å². The predicted molar refractivity (Wildman–Crippen MR) is 54.6 cm³/mol. The van der Waals surface area contributed by atoms with Gasteiger partial charge in [0.2, 0.25) is 5.89 Å². The number of aromatic nitrogens is 2. The smallest absolute Gasteiger partial charge is 0.315 e. The van der Waals surface area contributed by atoms with Gasteiger partial charge in [-0.15, -0.1) is 5.10 Å². The SMILES string of the molecule is FCCNc1nnc(C2CCCCC2)o1. The Balaban J connectivity index is 1.93. The van der Waals surface area contributed by atoms with Crippen molar-refractivity contribution in [2.24, 2.45) is 0 Å². The second-order valence-electron chi connectivity index (χ2n) is 3.90. The van der Waals surface area contributed by atoms with E-state index in [4.69, 9.17) is 4.42 Å². The molecule has 0 unspecified atom stereocenters. The van der Waals surface area contributed by atoms with Gasteiger partial charge in [-0.1, -0.05) is 24.4 Å². The molecule has 1 heterocycles. The quantitative estimate of drug-likeness (QED) is 0.834. The highest BCUT2D eigenvalue weighted by Gasteiger charge is 2.20. The lowest BCUT2D eigenvalue weighted by Crippen LogP contribution is -2.04. The van der Waals surface area contributed by atoms with Crippen LogP contribution in [0.1, 0.15) is 43.9 Å². The van der Waals surface area contributed by atoms with Crippen molar-refractivity contribution in [3.05, 3.63) is 5.89 Å². The maximum Gasteiger partial charge on any atom is 0.315 e. The summed E-state index contributed by atoms with van der Waals surface area (Å²) in [5.74, 6) is 1.11. The van der Waals surface area contributed by atoms with Crippen LogP contribution in [0.4, 0.5) is 10.4 Å². The van der Waals surface area contributed by atoms with Crippen molar-refractivity contribution in [1.82, 2.24) is 10.2 Å². The highest BCUT2D eigenvalue weighted by Crippen LogP contribution is 2.32. The van der Waals surface area contributed by atoms with Crippen molar-refractivity contribution in [3.63, 3.8) is 0 Å². The second kappa shape index (κ2) is 5.09. The molecule has 15 heavy (non-hydrogen) atoms. The Kier molecular flexibility index (Phi) is 3.53. The normalized spacial score (nSPS) is 17.9. The standard InChI is InChI=1S/C10H16FN3O/c11-6-7-12-10-14-13-9(15-10)8-4-2-1-3-5-8/h8H,1-7H2,(H,12,14). The number of rotatable bonds is 4. The molecule has 1 aliphatic carbocycles. The summed E-state index contributed by atoms with van der Waals surface area (Å²) in [6, 6.07) is 0.341. The largest absolute Gasteiger partial charge is 0.408 e. The van der Waals surface area contributed by atoms with Crippen LogP contribution in [0.3, 0.4) is 0 Å². The number of halogens is 1. The van der Waals surface area contributed by atoms with Gasteiger partial charge in [0.05, 0.1) is 0 Å². The molecule has 1 fully saturated rings. The first-order chi connectivity index (χ1) is 7.40. The maximum absolute atomic E-state index is 11.9. The number of hydrogen-bond donors (Lipinski definition) is 1. The van der Waals surface area contributed by atoms with E-state index in [0.717, 1.165) is 12.8 Å². The lowest BCUT2D eigenvalue weighted by molar-refractivity contribution is 0.367. The van der Waals surface area contributed by atoms with E-state index in [9.17, 15) is 4.39 Å². The fourth-order valence-electron chi connectivity index (χ4n) is 1.97. The van der Waals surface area contributed by atoms with E-state index in [-0.39, 0.29) is 6.54 Å². The zero-order valence-corrected chi connectivity index (χ0v) is 8.71. The molecule has 0 aromatic carbocycles. The zero-order chi connectivity index (χ0) is 10.5. The highest BCUT2D eigenvalue weighted by molar-refractivity contribution is 5.17. The van der Waals surface area contributed by atoms with E-state index in [1.165, 1.54) is 19.3 Å². The Labute approximate surface area is 88.3 Å². The number of hydrogen-bond acceptors (Lipinski definition) is 4. The molecule has 0 atom stereocenters. The molecule has 0 aliphatic heterocycles. The third-order valence-electron chi connectivity index (χ3n) is 2.77. The van der Waals surface area contributed by atoms with Crippen LogP contribution in [-0.2, 0) is 0 Å². The lowest BCUT2D eigenvalue weighted by Gasteiger charge is -2.17. The zero-order valence-electron chi connectivity index (χ0n) is 8.71. The Hall–Kier alpha value is -1.13. The van der Waals surface area contributed by atoms with Crippen molar-refractivity contribution < 1.29 is 8.81 Å². The summed E-state index contributed by atoms with van der Waals surface area (Å²) in [6.45, 7) is -0.201. The first-order valence-corrected chi connectivity index (χ1v) is 5.53. The Morgan fingerprint density at radius 1 is 1.27 bits per heavy atom. The van der Waals surface area contributed by atoms with Gasteiger partial charge < -0.3 is 9.73 Å². The molecule has 0 radical (unpaired) electrons. The fourth-order valence-corrected chi connectivity index (χ4v) is 1.97. The van der Waals surface area contributed by atoms with Gasteiger partial charge in [0, 0.05) is 12.5 Å². The van der Waals surface area contributed by atoms with E-state index in [2.05, 4.69) is 15.5 Å². The first kappa shape index (κ1) is 10.4. The molecular formula is C10H16FN3O. The van der Waals surface area contributed by atoms with Gasteiger partial charge in [0.25, 0.3) is 0 Å². The summed E-state index contributed by atoms with van der Waals surface area (Å²) in [4.78, 5) is 0. The molecule has 5 heteroatoms. The summed E-state index contributed by atoms with van der Waals surface area (Å²) >= 11 is 0. The van der Waals surface area contributed by atoms with Crippen LogP contribution in [0.5, 0.6) is 0 Å². The van der Waals surface area contributed by atoms with Crippen molar-refractivity contribution >= 4 is 6.01 Å². The average Bonchev–Trinajstić information content (AvgIpc) is 2.76. The summed E-state index contributed by atoms with van der Waals surface area (Å²) in [7, 11) is 0. The van der Waals surface area contributed by atoms with Gasteiger partial charge in [-0.2, -0.15) is 0 Å². The van der Waals surface area contributed by atoms with Gasteiger partial charge in [-0.05, 0) is 12.8 Å². The number of nitrogens with one attached hydrogen (secondary N) is 1. The van der Waals surface area contributed by atoms with Crippen LogP contribution >= 0.6 is 0 Å². The molecule has 1 aromatic heterocycles. The average molecular weight is 213 g/mol. The van der Waals surface area contributed by atoms with Gasteiger partial charge >= 0.3 is 6.01 Å². The molecule has 0 bridgehead atoms. The second-order valence-corrected chi connectivity index (χ2v) is 3.90. The molecule has 1 N–H and O–H groups in total. The molecule has 0 amide bonds. The molecule has 84 valence electrons. The van der Waals surface area contributed by atoms with Gasteiger partial charge in [0.1, 0.15) is 6.67 Å². The Morgan fingerprint density at radius 2 is 2.07 bits per heavy atom. The fraction of sp³-hybridized carbons (Fsp3) is 0.800. The van der Waals surface area contributed by atoms with E-state index in [1.54, 1.807) is 0 Å². The highest BCUT2D eigenvalue weighted by atomic mass is 19.1. The third-order valence-corrected chi connectivity index (χ3v) is 2.77. The minimum Gasteiger partial charge on any atom is -0.408 e. The predicted octanol–water partition coefficient (Wildman–Crippen LogP) is 2.50. The maximum atomic E-state index is 11.9. The van der Waals surface area contributed by atoms with Crippen molar-refractivity contribution in [2.45, 2.75) is 38.0 Å². The monoisotopic (exact) mass is 213 g/mol. The molecule has 0 saturated heterocycles.